The Balaban J connectivity index is 1.52. The average Bonchev–Trinajstić information content (AvgIpc) is 2.77. The molecular weight excluding hydrogens is 299 g/mol. The second-order valence-electron chi connectivity index (χ2n) is 9.14. The van der Waals surface area contributed by atoms with Gasteiger partial charge in [0.1, 0.15) is 0 Å². The number of methoxy groups -OCH3 is 1. The molecule has 2 aliphatic carbocycles. The van der Waals surface area contributed by atoms with E-state index in [-0.39, 0.29) is 18.3 Å². The highest BCUT2D eigenvalue weighted by Crippen LogP contribution is 2.43. The van der Waals surface area contributed by atoms with Crippen molar-refractivity contribution < 1.29 is 14.0 Å². The average molecular weight is 334 g/mol. The molecule has 136 valence electrons. The number of hydrogen-bond donors (Lipinski definition) is 0. The van der Waals surface area contributed by atoms with Gasteiger partial charge in [0.2, 0.25) is 0 Å². The lowest BCUT2D eigenvalue weighted by Crippen LogP contribution is -2.41. The summed E-state index contributed by atoms with van der Waals surface area (Å²) < 4.78 is 17.8. The van der Waals surface area contributed by atoms with E-state index in [1.165, 1.54) is 44.0 Å². The van der Waals surface area contributed by atoms with Gasteiger partial charge in [-0.1, -0.05) is 6.08 Å². The predicted octanol–water partition coefficient (Wildman–Crippen LogP) is 4.80. The fourth-order valence-electron chi connectivity index (χ4n) is 4.57. The summed E-state index contributed by atoms with van der Waals surface area (Å²) in [6.07, 6.45) is 11.5. The molecule has 0 radical (unpaired) electrons. The quantitative estimate of drug-likeness (QED) is 0.692. The number of hydrogen-bond acceptors (Lipinski definition) is 3. The maximum Gasteiger partial charge on any atom is 0.490 e. The van der Waals surface area contributed by atoms with Crippen molar-refractivity contribution in [2.45, 2.75) is 83.8 Å². The van der Waals surface area contributed by atoms with Crippen molar-refractivity contribution in [3.8, 4) is 0 Å². The van der Waals surface area contributed by atoms with Gasteiger partial charge in [0.15, 0.2) is 0 Å². The highest BCUT2D eigenvalue weighted by atomic mass is 16.7. The minimum atomic E-state index is -0.227. The summed E-state index contributed by atoms with van der Waals surface area (Å²) in [5.41, 5.74) is 0.919. The van der Waals surface area contributed by atoms with Gasteiger partial charge < -0.3 is 14.0 Å². The standard InChI is InChI=1S/C20H35BO3/c1-19(2)20(3,4)24-21(23-19)18-12-10-17(11-13-18)16-8-6-15(7-9-16)14-22-5/h12,15-17H,6-11,13-14H2,1-5H3. The minimum Gasteiger partial charge on any atom is -0.400 e. The summed E-state index contributed by atoms with van der Waals surface area (Å²) in [6.45, 7) is 9.49. The third-order valence-electron chi connectivity index (χ3n) is 7.00. The van der Waals surface area contributed by atoms with Crippen LogP contribution in [0.3, 0.4) is 0 Å². The highest BCUT2D eigenvalue weighted by molar-refractivity contribution is 6.54. The molecule has 0 aromatic rings. The summed E-state index contributed by atoms with van der Waals surface area (Å²) in [6, 6.07) is 0. The Kier molecular flexibility index (Phi) is 5.49. The Morgan fingerprint density at radius 1 is 1.00 bits per heavy atom. The molecule has 0 aromatic heterocycles. The Morgan fingerprint density at radius 3 is 2.12 bits per heavy atom. The second-order valence-corrected chi connectivity index (χ2v) is 9.14. The Hall–Kier alpha value is -0.315. The normalized spacial score (nSPS) is 35.8. The summed E-state index contributed by atoms with van der Waals surface area (Å²) in [5, 5.41) is 0. The summed E-state index contributed by atoms with van der Waals surface area (Å²) in [4.78, 5) is 0. The van der Waals surface area contributed by atoms with Gasteiger partial charge in [-0.3, -0.25) is 0 Å². The van der Waals surface area contributed by atoms with Gasteiger partial charge in [0, 0.05) is 13.7 Å². The SMILES string of the molecule is COCC1CCC(C2CC=C(B3OC(C)(C)C(C)(C)O3)CC2)CC1. The molecule has 0 amide bonds. The molecule has 0 aromatic carbocycles. The van der Waals surface area contributed by atoms with Gasteiger partial charge in [0.25, 0.3) is 0 Å². The fraction of sp³-hybridized carbons (Fsp3) is 0.900. The monoisotopic (exact) mass is 334 g/mol. The molecule has 1 unspecified atom stereocenters. The van der Waals surface area contributed by atoms with Gasteiger partial charge in [-0.25, -0.2) is 0 Å². The molecular formula is C20H35BO3. The lowest BCUT2D eigenvalue weighted by Gasteiger charge is -2.35. The molecule has 0 N–H and O–H groups in total. The lowest BCUT2D eigenvalue weighted by molar-refractivity contribution is 0.00578. The molecule has 3 rings (SSSR count). The van der Waals surface area contributed by atoms with Crippen molar-refractivity contribution in [3.05, 3.63) is 11.5 Å². The van der Waals surface area contributed by atoms with E-state index in [2.05, 4.69) is 33.8 Å². The Bertz CT molecular complexity index is 448. The third-order valence-corrected chi connectivity index (χ3v) is 7.00. The van der Waals surface area contributed by atoms with Crippen LogP contribution in [0.2, 0.25) is 0 Å². The first-order valence-electron chi connectivity index (χ1n) is 9.86. The van der Waals surface area contributed by atoms with E-state index in [1.807, 2.05) is 7.11 Å². The van der Waals surface area contributed by atoms with E-state index in [0.29, 0.717) is 0 Å². The maximum absolute atomic E-state index is 6.22. The molecule has 0 bridgehead atoms. The molecule has 1 heterocycles. The molecule has 1 atom stereocenters. The Morgan fingerprint density at radius 2 is 1.62 bits per heavy atom. The first-order chi connectivity index (χ1) is 11.3. The topological polar surface area (TPSA) is 27.7 Å². The predicted molar refractivity (Wildman–Crippen MR) is 98.8 cm³/mol. The van der Waals surface area contributed by atoms with Crippen LogP contribution in [0.1, 0.15) is 72.6 Å². The fourth-order valence-corrected chi connectivity index (χ4v) is 4.57. The van der Waals surface area contributed by atoms with Crippen molar-refractivity contribution >= 4 is 7.12 Å². The highest BCUT2D eigenvalue weighted by Gasteiger charge is 2.52. The van der Waals surface area contributed by atoms with E-state index in [0.717, 1.165) is 30.8 Å². The molecule has 2 fully saturated rings. The van der Waals surface area contributed by atoms with Gasteiger partial charge >= 0.3 is 7.12 Å². The Labute approximate surface area is 148 Å². The van der Waals surface area contributed by atoms with Crippen LogP contribution in [0.25, 0.3) is 0 Å². The molecule has 3 aliphatic rings. The van der Waals surface area contributed by atoms with E-state index in [1.54, 1.807) is 0 Å². The number of allylic oxidation sites excluding steroid dienone is 2. The maximum atomic E-state index is 6.22. The van der Waals surface area contributed by atoms with Crippen LogP contribution in [-0.2, 0) is 14.0 Å². The second kappa shape index (κ2) is 7.13. The van der Waals surface area contributed by atoms with Gasteiger partial charge in [0.05, 0.1) is 11.2 Å². The third kappa shape index (κ3) is 3.76. The molecule has 1 aliphatic heterocycles. The van der Waals surface area contributed by atoms with Crippen LogP contribution >= 0.6 is 0 Å². The van der Waals surface area contributed by atoms with Crippen LogP contribution < -0.4 is 0 Å². The summed E-state index contributed by atoms with van der Waals surface area (Å²) >= 11 is 0. The zero-order valence-corrected chi connectivity index (χ0v) is 16.3. The van der Waals surface area contributed by atoms with E-state index >= 15 is 0 Å². The lowest BCUT2D eigenvalue weighted by atomic mass is 9.66. The van der Waals surface area contributed by atoms with Crippen LogP contribution in [0.15, 0.2) is 11.5 Å². The molecule has 4 heteroatoms. The van der Waals surface area contributed by atoms with Crippen molar-refractivity contribution in [3.63, 3.8) is 0 Å². The molecule has 1 saturated heterocycles. The minimum absolute atomic E-state index is 0.131. The van der Waals surface area contributed by atoms with Crippen molar-refractivity contribution in [2.24, 2.45) is 17.8 Å². The van der Waals surface area contributed by atoms with Crippen LogP contribution in [0, 0.1) is 17.8 Å². The first-order valence-corrected chi connectivity index (χ1v) is 9.86. The molecule has 3 nitrogen and oxygen atoms in total. The van der Waals surface area contributed by atoms with E-state index < -0.39 is 0 Å². The first kappa shape index (κ1) is 18.5. The molecule has 0 spiro atoms. The number of ether oxygens (including phenoxy) is 1. The van der Waals surface area contributed by atoms with E-state index in [9.17, 15) is 0 Å². The van der Waals surface area contributed by atoms with Gasteiger partial charge in [-0.2, -0.15) is 0 Å². The van der Waals surface area contributed by atoms with Crippen molar-refractivity contribution in [2.75, 3.05) is 13.7 Å². The van der Waals surface area contributed by atoms with Crippen LogP contribution in [-0.4, -0.2) is 32.0 Å². The summed E-state index contributed by atoms with van der Waals surface area (Å²) in [7, 11) is 1.70. The van der Waals surface area contributed by atoms with Gasteiger partial charge in [-0.15, -0.1) is 0 Å². The largest absolute Gasteiger partial charge is 0.490 e. The zero-order chi connectivity index (χ0) is 17.4. The molecule has 1 saturated carbocycles. The van der Waals surface area contributed by atoms with Gasteiger partial charge in [-0.05, 0) is 95.9 Å². The van der Waals surface area contributed by atoms with Crippen LogP contribution in [0.4, 0.5) is 0 Å². The van der Waals surface area contributed by atoms with Crippen molar-refractivity contribution in [1.29, 1.82) is 0 Å². The summed E-state index contributed by atoms with van der Waals surface area (Å²) in [5.74, 6) is 2.57. The van der Waals surface area contributed by atoms with Crippen molar-refractivity contribution in [1.82, 2.24) is 0 Å². The zero-order valence-electron chi connectivity index (χ0n) is 16.3. The van der Waals surface area contributed by atoms with E-state index in [4.69, 9.17) is 14.0 Å². The van der Waals surface area contributed by atoms with Crippen LogP contribution in [0.5, 0.6) is 0 Å². The smallest absolute Gasteiger partial charge is 0.400 e. The molecule has 24 heavy (non-hydrogen) atoms. The number of rotatable bonds is 4.